The zero-order chi connectivity index (χ0) is 28.3. The molecule has 0 radical (unpaired) electrons. The molecule has 200 valence electrons. The van der Waals surface area contributed by atoms with E-state index in [1.807, 2.05) is 36.4 Å². The summed E-state index contributed by atoms with van der Waals surface area (Å²) in [5, 5.41) is 1.22. The average molecular weight is 541 g/mol. The Morgan fingerprint density at radius 3 is 1.67 bits per heavy atom. The monoisotopic (exact) mass is 540 g/mol. The average Bonchev–Trinajstić information content (AvgIpc) is 3.53. The summed E-state index contributed by atoms with van der Waals surface area (Å²) in [6.07, 6.45) is 0. The van der Waals surface area contributed by atoms with Crippen molar-refractivity contribution in [1.29, 1.82) is 0 Å². The summed E-state index contributed by atoms with van der Waals surface area (Å²) in [4.78, 5) is 15.2. The lowest BCUT2D eigenvalue weighted by Gasteiger charge is -2.21. The van der Waals surface area contributed by atoms with E-state index in [2.05, 4.69) is 115 Å². The van der Waals surface area contributed by atoms with Crippen LogP contribution >= 0.6 is 0 Å². The van der Waals surface area contributed by atoms with E-state index in [1.165, 1.54) is 27.8 Å². The quantitative estimate of drug-likeness (QED) is 0.224. The number of hydrogen-bond acceptors (Lipinski definition) is 3. The second-order valence-corrected chi connectivity index (χ2v) is 11.3. The van der Waals surface area contributed by atoms with Crippen LogP contribution in [0.1, 0.15) is 25.0 Å². The highest BCUT2D eigenvalue weighted by atomic mass is 15.1. The lowest BCUT2D eigenvalue weighted by Crippen LogP contribution is -2.14. The van der Waals surface area contributed by atoms with Gasteiger partial charge in [-0.25, -0.2) is 15.0 Å². The Morgan fingerprint density at radius 1 is 0.500 bits per heavy atom. The van der Waals surface area contributed by atoms with Crippen molar-refractivity contribution in [2.75, 3.05) is 0 Å². The van der Waals surface area contributed by atoms with Crippen molar-refractivity contribution in [2.45, 2.75) is 19.3 Å². The predicted molar refractivity (Wildman–Crippen MR) is 171 cm³/mol. The highest BCUT2D eigenvalue weighted by Gasteiger charge is 2.41. The zero-order valence-corrected chi connectivity index (χ0v) is 23.5. The third-order valence-electron chi connectivity index (χ3n) is 8.42. The molecule has 4 heteroatoms. The molecule has 0 atom stereocenters. The summed E-state index contributed by atoms with van der Waals surface area (Å²) in [5.41, 5.74) is 10.2. The van der Waals surface area contributed by atoms with Gasteiger partial charge in [0.25, 0.3) is 0 Å². The van der Waals surface area contributed by atoms with Crippen LogP contribution in [0.2, 0.25) is 0 Å². The van der Waals surface area contributed by atoms with Crippen molar-refractivity contribution in [3.05, 3.63) is 145 Å². The molecule has 0 bridgehead atoms. The van der Waals surface area contributed by atoms with E-state index in [4.69, 9.17) is 15.0 Å². The summed E-state index contributed by atoms with van der Waals surface area (Å²) < 4.78 is 2.42. The van der Waals surface area contributed by atoms with Crippen LogP contribution in [0.5, 0.6) is 0 Å². The van der Waals surface area contributed by atoms with Gasteiger partial charge in [-0.2, -0.15) is 0 Å². The van der Waals surface area contributed by atoms with Gasteiger partial charge in [0.2, 0.25) is 0 Å². The first-order chi connectivity index (χ1) is 20.6. The van der Waals surface area contributed by atoms with Gasteiger partial charge in [-0.05, 0) is 29.3 Å². The van der Waals surface area contributed by atoms with E-state index in [0.29, 0.717) is 17.5 Å². The molecule has 4 nitrogen and oxygen atoms in total. The van der Waals surface area contributed by atoms with Crippen molar-refractivity contribution < 1.29 is 0 Å². The molecule has 0 saturated carbocycles. The molecule has 0 saturated heterocycles. The number of fused-ring (bicyclic) bond motifs is 5. The Balaban J connectivity index is 1.49. The molecule has 1 aliphatic carbocycles. The van der Waals surface area contributed by atoms with E-state index in [9.17, 15) is 0 Å². The van der Waals surface area contributed by atoms with E-state index >= 15 is 0 Å². The third kappa shape index (κ3) is 3.65. The van der Waals surface area contributed by atoms with Crippen molar-refractivity contribution >= 4 is 10.9 Å². The maximum absolute atomic E-state index is 5.11. The standard InChI is InChI=1S/C38H28N4/c1-38(2)31-24-13-12-21-28(31)34-32(38)29-22-14-23-30(33(29)42(34)27-19-10-5-11-20-27)37-40-35(25-15-6-3-7-16-25)39-36(41-37)26-17-8-4-9-18-26/h3-24H,1-2H3. The Labute approximate surface area is 245 Å². The molecule has 1 aliphatic rings. The lowest BCUT2D eigenvalue weighted by molar-refractivity contribution is 0.666. The normalized spacial score (nSPS) is 13.2. The fourth-order valence-electron chi connectivity index (χ4n) is 6.54. The van der Waals surface area contributed by atoms with Crippen molar-refractivity contribution in [3.63, 3.8) is 0 Å². The molecule has 0 aliphatic heterocycles. The summed E-state index contributed by atoms with van der Waals surface area (Å²) in [7, 11) is 0. The number of hydrogen-bond donors (Lipinski definition) is 0. The lowest BCUT2D eigenvalue weighted by atomic mass is 9.81. The smallest absolute Gasteiger partial charge is 0.166 e. The van der Waals surface area contributed by atoms with Gasteiger partial charge in [-0.3, -0.25) is 0 Å². The van der Waals surface area contributed by atoms with Gasteiger partial charge >= 0.3 is 0 Å². The molecule has 2 heterocycles. The second kappa shape index (κ2) is 9.35. The number of aromatic nitrogens is 4. The molecular formula is C38H28N4. The predicted octanol–water partition coefficient (Wildman–Crippen LogP) is 9.12. The van der Waals surface area contributed by atoms with E-state index in [0.717, 1.165) is 27.9 Å². The van der Waals surface area contributed by atoms with Crippen LogP contribution in [0.4, 0.5) is 0 Å². The molecule has 0 unspecified atom stereocenters. The van der Waals surface area contributed by atoms with Crippen molar-refractivity contribution in [1.82, 2.24) is 19.5 Å². The molecule has 5 aromatic carbocycles. The van der Waals surface area contributed by atoms with E-state index < -0.39 is 0 Å². The number of para-hydroxylation sites is 2. The number of benzene rings is 5. The first kappa shape index (κ1) is 24.4. The third-order valence-corrected chi connectivity index (χ3v) is 8.42. The minimum atomic E-state index is -0.160. The molecule has 7 aromatic rings. The zero-order valence-electron chi connectivity index (χ0n) is 23.5. The van der Waals surface area contributed by atoms with Gasteiger partial charge in [0, 0.05) is 38.7 Å². The first-order valence-corrected chi connectivity index (χ1v) is 14.3. The largest absolute Gasteiger partial charge is 0.308 e. The Kier molecular flexibility index (Phi) is 5.44. The van der Waals surface area contributed by atoms with Gasteiger partial charge < -0.3 is 4.57 Å². The highest BCUT2D eigenvalue weighted by Crippen LogP contribution is 2.54. The van der Waals surface area contributed by atoms with Crippen LogP contribution in [0, 0.1) is 0 Å². The number of rotatable bonds is 4. The molecule has 42 heavy (non-hydrogen) atoms. The minimum absolute atomic E-state index is 0.160. The summed E-state index contributed by atoms with van der Waals surface area (Å²) in [5.74, 6) is 1.98. The van der Waals surface area contributed by atoms with Crippen LogP contribution in [0.25, 0.3) is 62.0 Å². The van der Waals surface area contributed by atoms with Crippen LogP contribution < -0.4 is 0 Å². The Hall–Kier alpha value is -5.35. The topological polar surface area (TPSA) is 43.6 Å². The number of nitrogens with zero attached hydrogens (tertiary/aromatic N) is 4. The molecule has 0 amide bonds. The van der Waals surface area contributed by atoms with Crippen molar-refractivity contribution in [2.24, 2.45) is 0 Å². The fourth-order valence-corrected chi connectivity index (χ4v) is 6.54. The molecule has 8 rings (SSSR count). The SMILES string of the molecule is CC1(C)c2ccccc2-c2c1c1cccc(-c3nc(-c4ccccc4)nc(-c4ccccc4)n3)c1n2-c1ccccc1. The van der Waals surface area contributed by atoms with Crippen molar-refractivity contribution in [3.8, 4) is 51.1 Å². The van der Waals surface area contributed by atoms with Gasteiger partial charge in [-0.15, -0.1) is 0 Å². The Bertz CT molecular complexity index is 2040. The Morgan fingerprint density at radius 2 is 1.02 bits per heavy atom. The summed E-state index contributed by atoms with van der Waals surface area (Å²) in [6, 6.07) is 46.3. The molecule has 0 N–H and O–H groups in total. The summed E-state index contributed by atoms with van der Waals surface area (Å²) in [6.45, 7) is 4.67. The maximum atomic E-state index is 5.11. The van der Waals surface area contributed by atoms with Crippen LogP contribution in [-0.4, -0.2) is 19.5 Å². The molecule has 0 spiro atoms. The fraction of sp³-hybridized carbons (Fsp3) is 0.0789. The van der Waals surface area contributed by atoms with E-state index in [1.54, 1.807) is 0 Å². The second-order valence-electron chi connectivity index (χ2n) is 11.3. The van der Waals surface area contributed by atoms with Crippen LogP contribution in [0.15, 0.2) is 133 Å². The van der Waals surface area contributed by atoms with Crippen LogP contribution in [0.3, 0.4) is 0 Å². The highest BCUT2D eigenvalue weighted by molar-refractivity contribution is 6.05. The molecular weight excluding hydrogens is 512 g/mol. The summed E-state index contributed by atoms with van der Waals surface area (Å²) >= 11 is 0. The molecule has 2 aromatic heterocycles. The molecule has 0 fully saturated rings. The van der Waals surface area contributed by atoms with Gasteiger partial charge in [0.1, 0.15) is 0 Å². The van der Waals surface area contributed by atoms with Gasteiger partial charge in [-0.1, -0.05) is 129 Å². The first-order valence-electron chi connectivity index (χ1n) is 14.3. The van der Waals surface area contributed by atoms with Gasteiger partial charge in [0.15, 0.2) is 17.5 Å². The van der Waals surface area contributed by atoms with Crippen LogP contribution in [-0.2, 0) is 5.41 Å². The minimum Gasteiger partial charge on any atom is -0.308 e. The van der Waals surface area contributed by atoms with E-state index in [-0.39, 0.29) is 5.41 Å². The maximum Gasteiger partial charge on any atom is 0.166 e. The van der Waals surface area contributed by atoms with Gasteiger partial charge in [0.05, 0.1) is 11.2 Å².